The summed E-state index contributed by atoms with van der Waals surface area (Å²) in [5.41, 5.74) is 13.1. The van der Waals surface area contributed by atoms with Gasteiger partial charge in [-0.3, -0.25) is 14.4 Å². The number of rotatable bonds is 14. The molecule has 2 aliphatic rings. The molecule has 2 fully saturated rings. The fourth-order valence-corrected chi connectivity index (χ4v) is 8.71. The van der Waals surface area contributed by atoms with Crippen LogP contribution in [0.4, 0.5) is 11.5 Å². The van der Waals surface area contributed by atoms with Gasteiger partial charge in [0.1, 0.15) is 11.5 Å². The number of nitrogens with zero attached hydrogens (tertiary/aromatic N) is 6. The number of nitrogen functional groups attached to an aromatic ring is 1. The van der Waals surface area contributed by atoms with Gasteiger partial charge in [0.05, 0.1) is 39.6 Å². The van der Waals surface area contributed by atoms with Crippen molar-refractivity contribution in [2.75, 3.05) is 43.4 Å². The number of piperazine rings is 1. The Kier molecular flexibility index (Phi) is 13.2. The van der Waals surface area contributed by atoms with Crippen LogP contribution in [0.5, 0.6) is 5.75 Å². The number of aromatic nitrogens is 3. The summed E-state index contributed by atoms with van der Waals surface area (Å²) in [5, 5.41) is 32.8. The number of phenolic OH excluding ortho intramolecular Hbond substituents is 1. The highest BCUT2D eigenvalue weighted by Crippen LogP contribution is 2.36. The molecule has 58 heavy (non-hydrogen) atoms. The number of aliphatic hydroxyl groups excluding tert-OH is 1. The molecule has 0 bridgehead atoms. The van der Waals surface area contributed by atoms with E-state index in [0.29, 0.717) is 61.7 Å². The number of hydrogen-bond donors (Lipinski definition) is 4. The summed E-state index contributed by atoms with van der Waals surface area (Å²) >= 11 is 1.61. The van der Waals surface area contributed by atoms with Crippen molar-refractivity contribution >= 4 is 40.4 Å². The molecular weight excluding hydrogens is 753 g/mol. The van der Waals surface area contributed by atoms with Crippen molar-refractivity contribution in [2.24, 2.45) is 11.3 Å². The zero-order valence-electron chi connectivity index (χ0n) is 34.1. The highest BCUT2D eigenvalue weighted by Gasteiger charge is 2.43. The average Bonchev–Trinajstić information content (AvgIpc) is 3.82. The minimum Gasteiger partial charge on any atom is -0.507 e. The number of likely N-dealkylation sites (tertiary alicyclic amines) is 1. The number of aromatic hydroxyl groups is 1. The SMILES string of the molecule is C=C(N[C@@H](C)c1ccc(-c2scnc2C)cc1)[C@@H]1C[C@@H](O)CN1C(=O)[C@@H](CC(=O)CCCC(=O)N1CCN(c2cc(-c3ccccc3O)nnc2N)CC1)C(C)(C)C. The molecule has 4 atom stereocenters. The van der Waals surface area contributed by atoms with E-state index in [9.17, 15) is 24.6 Å². The predicted octanol–water partition coefficient (Wildman–Crippen LogP) is 6.13. The number of anilines is 2. The minimum atomic E-state index is -0.700. The lowest BCUT2D eigenvalue weighted by atomic mass is 9.76. The Bertz CT molecular complexity index is 2110. The quantitative estimate of drug-likeness (QED) is 0.115. The summed E-state index contributed by atoms with van der Waals surface area (Å²) in [6.45, 7) is 16.5. The van der Waals surface area contributed by atoms with Gasteiger partial charge in [0.25, 0.3) is 0 Å². The molecule has 0 aliphatic carbocycles. The summed E-state index contributed by atoms with van der Waals surface area (Å²) in [4.78, 5) is 52.0. The lowest BCUT2D eigenvalue weighted by Gasteiger charge is -2.36. The number of thiazole rings is 1. The smallest absolute Gasteiger partial charge is 0.227 e. The van der Waals surface area contributed by atoms with Crippen LogP contribution in [-0.4, -0.2) is 97.7 Å². The van der Waals surface area contributed by atoms with Crippen LogP contribution in [0.2, 0.25) is 0 Å². The molecule has 6 rings (SSSR count). The van der Waals surface area contributed by atoms with Crippen LogP contribution in [0.25, 0.3) is 21.7 Å². The Morgan fingerprint density at radius 1 is 1.03 bits per heavy atom. The van der Waals surface area contributed by atoms with Crippen LogP contribution in [0.1, 0.15) is 77.1 Å². The number of nitrogens with one attached hydrogen (secondary N) is 1. The van der Waals surface area contributed by atoms with Crippen molar-refractivity contribution in [2.45, 2.75) is 84.9 Å². The fraction of sp³-hybridized carbons (Fsp3) is 0.455. The van der Waals surface area contributed by atoms with E-state index in [4.69, 9.17) is 5.73 Å². The first kappa shape index (κ1) is 42.3. The Morgan fingerprint density at radius 3 is 2.40 bits per heavy atom. The van der Waals surface area contributed by atoms with Gasteiger partial charge in [-0.25, -0.2) is 4.98 Å². The van der Waals surface area contributed by atoms with Crippen LogP contribution < -0.4 is 16.0 Å². The summed E-state index contributed by atoms with van der Waals surface area (Å²) in [5.74, 6) is -0.488. The largest absolute Gasteiger partial charge is 0.507 e. The predicted molar refractivity (Wildman–Crippen MR) is 228 cm³/mol. The van der Waals surface area contributed by atoms with Gasteiger partial charge < -0.3 is 36.0 Å². The summed E-state index contributed by atoms with van der Waals surface area (Å²) in [6, 6.07) is 16.5. The topological polar surface area (TPSA) is 178 Å². The number of carbonyl (C=O) groups excluding carboxylic acids is 3. The number of phenols is 1. The van der Waals surface area contributed by atoms with Gasteiger partial charge in [-0.1, -0.05) is 63.7 Å². The number of benzene rings is 2. The Hall–Kier alpha value is -5.34. The Balaban J connectivity index is 0.992. The first-order valence-corrected chi connectivity index (χ1v) is 20.9. The molecule has 308 valence electrons. The van der Waals surface area contributed by atoms with Gasteiger partial charge in [0.15, 0.2) is 5.82 Å². The van der Waals surface area contributed by atoms with Crippen molar-refractivity contribution in [1.82, 2.24) is 30.3 Å². The van der Waals surface area contributed by atoms with E-state index < -0.39 is 23.5 Å². The summed E-state index contributed by atoms with van der Waals surface area (Å²) in [6.07, 6.45) is 0.533. The van der Waals surface area contributed by atoms with E-state index in [0.717, 1.165) is 21.7 Å². The monoisotopic (exact) mass is 808 g/mol. The molecule has 0 saturated carbocycles. The molecule has 0 radical (unpaired) electrons. The maximum Gasteiger partial charge on any atom is 0.227 e. The van der Waals surface area contributed by atoms with Crippen molar-refractivity contribution in [1.29, 1.82) is 0 Å². The third-order valence-corrected chi connectivity index (χ3v) is 12.3. The molecule has 0 unspecified atom stereocenters. The number of aliphatic hydroxyl groups is 1. The van der Waals surface area contributed by atoms with E-state index in [1.54, 1.807) is 39.3 Å². The molecule has 2 aliphatic heterocycles. The van der Waals surface area contributed by atoms with Gasteiger partial charge >= 0.3 is 0 Å². The van der Waals surface area contributed by atoms with Crippen LogP contribution in [0.15, 0.2) is 72.4 Å². The number of ketones is 1. The second-order valence-electron chi connectivity index (χ2n) is 16.6. The highest BCUT2D eigenvalue weighted by molar-refractivity contribution is 7.13. The molecule has 4 aromatic rings. The second-order valence-corrected chi connectivity index (χ2v) is 17.4. The molecule has 14 heteroatoms. The van der Waals surface area contributed by atoms with Crippen molar-refractivity contribution in [3.05, 3.63) is 83.6 Å². The standard InChI is InChI=1S/C44H56N8O5S/c1-27(30-14-16-31(17-15-30)41-29(3)46-26-58-41)47-28(2)37-23-33(54)25-52(37)43(57)35(44(4,5)6)22-32(53)10-9-13-40(56)51-20-18-50(19-21-51)38-24-36(48-49-42(38)45)34-11-7-8-12-39(34)55/h7-8,11-12,14-17,24,26-27,33,35,37,47,54-55H,2,9-10,13,18-23,25H2,1,3-6H3,(H2,45,49)/t27-,33+,35+,37-/m0/s1. The normalized spacial score (nSPS) is 18.2. The van der Waals surface area contributed by atoms with Crippen LogP contribution in [-0.2, 0) is 14.4 Å². The zero-order valence-corrected chi connectivity index (χ0v) is 35.0. The molecule has 2 aromatic carbocycles. The first-order chi connectivity index (χ1) is 27.6. The van der Waals surface area contributed by atoms with Crippen LogP contribution in [0.3, 0.4) is 0 Å². The second kappa shape index (κ2) is 18.1. The number of carbonyl (C=O) groups is 3. The maximum absolute atomic E-state index is 14.3. The van der Waals surface area contributed by atoms with Crippen molar-refractivity contribution in [3.63, 3.8) is 0 Å². The molecule has 2 aromatic heterocycles. The number of Topliss-reactive ketones (excluding diaryl/α,β-unsaturated/α-hetero) is 1. The van der Waals surface area contributed by atoms with Gasteiger partial charge in [0.2, 0.25) is 11.8 Å². The number of β-amino-alcohol motifs (C(OH)–C–C–N with tert-alkyl or cyclic N) is 1. The number of aryl methyl sites for hydroxylation is 1. The van der Waals surface area contributed by atoms with Gasteiger partial charge in [-0.05, 0) is 55.0 Å². The first-order valence-electron chi connectivity index (χ1n) is 20.0. The third-order valence-electron chi connectivity index (χ3n) is 11.4. The third kappa shape index (κ3) is 9.84. The minimum absolute atomic E-state index is 0.0217. The molecular formula is C44H56N8O5S. The Labute approximate surface area is 345 Å². The zero-order chi connectivity index (χ0) is 41.7. The molecule has 5 N–H and O–H groups in total. The van der Waals surface area contributed by atoms with Crippen molar-refractivity contribution in [3.8, 4) is 27.4 Å². The van der Waals surface area contributed by atoms with E-state index in [-0.39, 0.29) is 61.0 Å². The van der Waals surface area contributed by atoms with E-state index >= 15 is 0 Å². The van der Waals surface area contributed by atoms with Gasteiger partial charge in [-0.2, -0.15) is 0 Å². The number of amides is 2. The summed E-state index contributed by atoms with van der Waals surface area (Å²) < 4.78 is 0. The lowest BCUT2D eigenvalue weighted by Crippen LogP contribution is -2.49. The van der Waals surface area contributed by atoms with Gasteiger partial charge in [-0.15, -0.1) is 21.5 Å². The summed E-state index contributed by atoms with van der Waals surface area (Å²) in [7, 11) is 0. The lowest BCUT2D eigenvalue weighted by molar-refractivity contribution is -0.142. The number of para-hydroxylation sites is 1. The van der Waals surface area contributed by atoms with Gasteiger partial charge in [0, 0.05) is 81.6 Å². The van der Waals surface area contributed by atoms with E-state index in [1.165, 1.54) is 0 Å². The van der Waals surface area contributed by atoms with Crippen molar-refractivity contribution < 1.29 is 24.6 Å². The molecule has 0 spiro atoms. The van der Waals surface area contributed by atoms with E-state index in [2.05, 4.69) is 56.2 Å². The molecule has 13 nitrogen and oxygen atoms in total. The highest BCUT2D eigenvalue weighted by atomic mass is 32.1. The fourth-order valence-electron chi connectivity index (χ4n) is 7.90. The molecule has 2 amide bonds. The Morgan fingerprint density at radius 2 is 1.74 bits per heavy atom. The van der Waals surface area contributed by atoms with Crippen LogP contribution in [0, 0.1) is 18.3 Å². The molecule has 4 heterocycles. The maximum atomic E-state index is 14.3. The van der Waals surface area contributed by atoms with E-state index in [1.807, 2.05) is 52.3 Å². The average molecular weight is 809 g/mol. The molecule has 2 saturated heterocycles. The number of hydrogen-bond acceptors (Lipinski definition) is 12. The number of nitrogens with two attached hydrogens (primary N) is 1. The van der Waals surface area contributed by atoms with Crippen LogP contribution >= 0.6 is 11.3 Å².